The molecule has 2 aromatic heterocycles. The number of hydrogen-bond donors (Lipinski definition) is 2. The average Bonchev–Trinajstić information content (AvgIpc) is 2.94. The van der Waals surface area contributed by atoms with Gasteiger partial charge in [-0.3, -0.25) is 4.79 Å². The fourth-order valence-electron chi connectivity index (χ4n) is 2.77. The van der Waals surface area contributed by atoms with E-state index in [4.69, 9.17) is 5.73 Å². The Morgan fingerprint density at radius 2 is 2.26 bits per heavy atom. The normalized spacial score (nSPS) is 18.4. The van der Waals surface area contributed by atoms with Gasteiger partial charge in [0.2, 0.25) is 5.91 Å². The topological polar surface area (TPSA) is 102 Å². The molecule has 0 radical (unpaired) electrons. The fourth-order valence-corrected chi connectivity index (χ4v) is 2.77. The minimum absolute atomic E-state index is 0.0882. The Kier molecular flexibility index (Phi) is 4.70. The number of nitrogens with one attached hydrogen (secondary N) is 1. The van der Waals surface area contributed by atoms with Gasteiger partial charge >= 0.3 is 0 Å². The monoisotopic (exact) mass is 315 g/mol. The van der Waals surface area contributed by atoms with Crippen molar-refractivity contribution in [1.29, 1.82) is 0 Å². The summed E-state index contributed by atoms with van der Waals surface area (Å²) >= 11 is 0. The molecule has 0 aromatic carbocycles. The number of likely N-dealkylation sites (tertiary alicyclic amines) is 1. The van der Waals surface area contributed by atoms with Crippen molar-refractivity contribution < 1.29 is 4.79 Å². The highest BCUT2D eigenvalue weighted by Gasteiger charge is 2.21. The van der Waals surface area contributed by atoms with E-state index < -0.39 is 0 Å². The molecule has 1 fully saturated rings. The third-order valence-corrected chi connectivity index (χ3v) is 4.01. The summed E-state index contributed by atoms with van der Waals surface area (Å²) in [6.45, 7) is 1.78. The molecule has 3 heterocycles. The first kappa shape index (κ1) is 15.3. The first-order valence-electron chi connectivity index (χ1n) is 7.80. The number of nitrogen functional groups attached to an aromatic ring is 1. The first-order chi connectivity index (χ1) is 11.2. The van der Waals surface area contributed by atoms with Gasteiger partial charge in [0.1, 0.15) is 12.4 Å². The van der Waals surface area contributed by atoms with Gasteiger partial charge in [-0.15, -0.1) is 5.10 Å². The molecule has 1 atom stereocenters. The maximum atomic E-state index is 12.3. The van der Waals surface area contributed by atoms with Gasteiger partial charge in [-0.1, -0.05) is 5.21 Å². The summed E-state index contributed by atoms with van der Waals surface area (Å²) in [7, 11) is 0. The van der Waals surface area contributed by atoms with Gasteiger partial charge in [-0.2, -0.15) is 0 Å². The quantitative estimate of drug-likeness (QED) is 0.863. The number of carbonyl (C=O) groups excluding carboxylic acids is 1. The SMILES string of the molecule is Nc1ccc(N[C@H]2CCCN(C(=O)Cn3ccnn3)CC2)cn1. The van der Waals surface area contributed by atoms with Crippen LogP contribution < -0.4 is 11.1 Å². The maximum absolute atomic E-state index is 12.3. The van der Waals surface area contributed by atoms with Crippen LogP contribution >= 0.6 is 0 Å². The zero-order chi connectivity index (χ0) is 16.1. The third-order valence-electron chi connectivity index (χ3n) is 4.01. The predicted octanol–water partition coefficient (Wildman–Crippen LogP) is 0.748. The molecule has 0 saturated carbocycles. The molecule has 1 saturated heterocycles. The molecule has 1 amide bonds. The van der Waals surface area contributed by atoms with Crippen molar-refractivity contribution in [3.05, 3.63) is 30.7 Å². The van der Waals surface area contributed by atoms with Gasteiger partial charge in [0.05, 0.1) is 18.1 Å². The molecule has 2 aromatic rings. The van der Waals surface area contributed by atoms with Gasteiger partial charge < -0.3 is 16.0 Å². The summed E-state index contributed by atoms with van der Waals surface area (Å²) in [5, 5.41) is 11.0. The van der Waals surface area contributed by atoms with Crippen LogP contribution in [0.3, 0.4) is 0 Å². The lowest BCUT2D eigenvalue weighted by Gasteiger charge is -2.21. The van der Waals surface area contributed by atoms with Crippen LogP contribution in [0.1, 0.15) is 19.3 Å². The van der Waals surface area contributed by atoms with E-state index in [0.717, 1.165) is 38.0 Å². The van der Waals surface area contributed by atoms with Gasteiger partial charge in [0.25, 0.3) is 0 Å². The summed E-state index contributed by atoms with van der Waals surface area (Å²) in [6, 6.07) is 4.05. The Morgan fingerprint density at radius 3 is 3.00 bits per heavy atom. The van der Waals surface area contributed by atoms with E-state index in [1.165, 1.54) is 0 Å². The fraction of sp³-hybridized carbons (Fsp3) is 0.467. The van der Waals surface area contributed by atoms with Crippen LogP contribution in [0.5, 0.6) is 0 Å². The number of aromatic nitrogens is 4. The minimum Gasteiger partial charge on any atom is -0.384 e. The number of nitrogens with zero attached hydrogens (tertiary/aromatic N) is 5. The highest BCUT2D eigenvalue weighted by Crippen LogP contribution is 2.17. The molecule has 0 spiro atoms. The standard InChI is InChI=1S/C15H21N7O/c16-14-4-3-13(10-17-14)19-12-2-1-7-21(8-5-12)15(23)11-22-9-6-18-20-22/h3-4,6,9-10,12,19H,1-2,5,7-8,11H2,(H2,16,17)/t12-/m0/s1. The summed E-state index contributed by atoms with van der Waals surface area (Å²) in [5.41, 5.74) is 6.56. The van der Waals surface area contributed by atoms with Crippen LogP contribution in [-0.4, -0.2) is 49.9 Å². The summed E-state index contributed by atoms with van der Waals surface area (Å²) < 4.78 is 1.56. The van der Waals surface area contributed by atoms with Crippen LogP contribution in [0.2, 0.25) is 0 Å². The van der Waals surface area contributed by atoms with E-state index in [0.29, 0.717) is 11.9 Å². The van der Waals surface area contributed by atoms with E-state index in [1.807, 2.05) is 11.0 Å². The van der Waals surface area contributed by atoms with E-state index in [2.05, 4.69) is 20.6 Å². The van der Waals surface area contributed by atoms with Gasteiger partial charge in [0, 0.05) is 25.3 Å². The molecule has 0 unspecified atom stereocenters. The number of pyridine rings is 1. The highest BCUT2D eigenvalue weighted by atomic mass is 16.2. The first-order valence-corrected chi connectivity index (χ1v) is 7.80. The Morgan fingerprint density at radius 1 is 1.35 bits per heavy atom. The number of rotatable bonds is 4. The molecule has 122 valence electrons. The second-order valence-electron chi connectivity index (χ2n) is 5.73. The molecule has 3 rings (SSSR count). The Balaban J connectivity index is 1.52. The zero-order valence-electron chi connectivity index (χ0n) is 12.9. The molecule has 8 heteroatoms. The second kappa shape index (κ2) is 7.08. The van der Waals surface area contributed by atoms with Crippen LogP contribution in [0, 0.1) is 0 Å². The maximum Gasteiger partial charge on any atom is 0.244 e. The lowest BCUT2D eigenvalue weighted by Crippen LogP contribution is -2.35. The van der Waals surface area contributed by atoms with Crippen molar-refractivity contribution in [2.24, 2.45) is 0 Å². The number of anilines is 2. The van der Waals surface area contributed by atoms with E-state index in [1.54, 1.807) is 29.3 Å². The molecule has 8 nitrogen and oxygen atoms in total. The van der Waals surface area contributed by atoms with E-state index in [-0.39, 0.29) is 12.5 Å². The lowest BCUT2D eigenvalue weighted by molar-refractivity contribution is -0.132. The Hall–Kier alpha value is -2.64. The van der Waals surface area contributed by atoms with Crippen LogP contribution in [0.15, 0.2) is 30.7 Å². The lowest BCUT2D eigenvalue weighted by atomic mass is 10.1. The van der Waals surface area contributed by atoms with Crippen molar-refractivity contribution in [3.8, 4) is 0 Å². The van der Waals surface area contributed by atoms with Crippen LogP contribution in [0.25, 0.3) is 0 Å². The van der Waals surface area contributed by atoms with Gasteiger partial charge in [0.15, 0.2) is 0 Å². The van der Waals surface area contributed by atoms with Crippen molar-refractivity contribution in [3.63, 3.8) is 0 Å². The third kappa shape index (κ3) is 4.18. The molecular formula is C15H21N7O. The molecule has 23 heavy (non-hydrogen) atoms. The van der Waals surface area contributed by atoms with Gasteiger partial charge in [-0.05, 0) is 31.4 Å². The Labute approximate surface area is 134 Å². The smallest absolute Gasteiger partial charge is 0.244 e. The minimum atomic E-state index is 0.0882. The van der Waals surface area contributed by atoms with Gasteiger partial charge in [-0.25, -0.2) is 9.67 Å². The van der Waals surface area contributed by atoms with E-state index >= 15 is 0 Å². The molecule has 1 aliphatic heterocycles. The molecule has 3 N–H and O–H groups in total. The average molecular weight is 315 g/mol. The molecule has 0 bridgehead atoms. The van der Waals surface area contributed by atoms with E-state index in [9.17, 15) is 4.79 Å². The van der Waals surface area contributed by atoms with Crippen molar-refractivity contribution in [2.45, 2.75) is 31.8 Å². The van der Waals surface area contributed by atoms with Crippen LogP contribution in [-0.2, 0) is 11.3 Å². The molecular weight excluding hydrogens is 294 g/mol. The molecule has 0 aliphatic carbocycles. The van der Waals surface area contributed by atoms with Crippen molar-refractivity contribution >= 4 is 17.4 Å². The van der Waals surface area contributed by atoms with Crippen molar-refractivity contribution in [2.75, 3.05) is 24.1 Å². The highest BCUT2D eigenvalue weighted by molar-refractivity contribution is 5.75. The molecule has 1 aliphatic rings. The zero-order valence-corrected chi connectivity index (χ0v) is 12.9. The van der Waals surface area contributed by atoms with Crippen molar-refractivity contribution in [1.82, 2.24) is 24.9 Å². The Bertz CT molecular complexity index is 626. The number of amides is 1. The van der Waals surface area contributed by atoms with Crippen LogP contribution in [0.4, 0.5) is 11.5 Å². The number of hydrogen-bond acceptors (Lipinski definition) is 6. The predicted molar refractivity (Wildman–Crippen MR) is 86.5 cm³/mol. The number of carbonyl (C=O) groups is 1. The largest absolute Gasteiger partial charge is 0.384 e. The summed E-state index contributed by atoms with van der Waals surface area (Å²) in [6.07, 6.45) is 7.94. The second-order valence-corrected chi connectivity index (χ2v) is 5.73. The summed E-state index contributed by atoms with van der Waals surface area (Å²) in [4.78, 5) is 18.3. The summed E-state index contributed by atoms with van der Waals surface area (Å²) in [5.74, 6) is 0.603. The number of nitrogens with two attached hydrogens (primary N) is 1.